The van der Waals surface area contributed by atoms with Crippen LogP contribution in [0, 0.1) is 11.3 Å². The summed E-state index contributed by atoms with van der Waals surface area (Å²) < 4.78 is 12.5. The third-order valence-electron chi connectivity index (χ3n) is 4.97. The SMILES string of the molecule is N#C/C(=C/c1cn(Cc2ccc(C(=O)O)o2)c2ccccc12)C(=O)N1CCOCC1. The molecule has 0 radical (unpaired) electrons. The van der Waals surface area contributed by atoms with Crippen molar-refractivity contribution < 1.29 is 23.8 Å². The van der Waals surface area contributed by atoms with Gasteiger partial charge in [0.15, 0.2) is 0 Å². The molecule has 4 rings (SSSR count). The molecule has 0 aliphatic carbocycles. The zero-order valence-corrected chi connectivity index (χ0v) is 16.1. The summed E-state index contributed by atoms with van der Waals surface area (Å²) in [7, 11) is 0. The highest BCUT2D eigenvalue weighted by Gasteiger charge is 2.21. The van der Waals surface area contributed by atoms with Crippen molar-refractivity contribution in [1.29, 1.82) is 5.26 Å². The standard InChI is InChI=1S/C22H19N3O5/c23-12-15(21(26)24-7-9-29-10-8-24)11-16-13-25(19-4-2-1-3-18(16)19)14-17-5-6-20(30-17)22(27)28/h1-6,11,13H,7-10,14H2,(H,27,28)/b15-11-. The van der Waals surface area contributed by atoms with E-state index in [9.17, 15) is 14.9 Å². The second-order valence-electron chi connectivity index (χ2n) is 6.87. The van der Waals surface area contributed by atoms with Gasteiger partial charge < -0.3 is 23.7 Å². The Morgan fingerprint density at radius 2 is 1.93 bits per heavy atom. The third kappa shape index (κ3) is 3.83. The van der Waals surface area contributed by atoms with E-state index in [1.54, 1.807) is 17.0 Å². The first-order valence-electron chi connectivity index (χ1n) is 9.45. The number of carboxylic acids is 1. The Bertz CT molecular complexity index is 1180. The number of hydrogen-bond donors (Lipinski definition) is 1. The lowest BCUT2D eigenvalue weighted by Gasteiger charge is -2.26. The van der Waals surface area contributed by atoms with Crippen molar-refractivity contribution in [3.05, 3.63) is 65.3 Å². The smallest absolute Gasteiger partial charge is 0.371 e. The molecule has 1 aliphatic rings. The highest BCUT2D eigenvalue weighted by molar-refractivity contribution is 6.04. The molecule has 1 amide bonds. The summed E-state index contributed by atoms with van der Waals surface area (Å²) in [6.07, 6.45) is 3.43. The van der Waals surface area contributed by atoms with Crippen LogP contribution < -0.4 is 0 Å². The molecule has 3 heterocycles. The van der Waals surface area contributed by atoms with Gasteiger partial charge in [0.05, 0.1) is 19.8 Å². The highest BCUT2D eigenvalue weighted by Crippen LogP contribution is 2.25. The van der Waals surface area contributed by atoms with E-state index in [0.717, 1.165) is 16.5 Å². The first kappa shape index (κ1) is 19.5. The van der Waals surface area contributed by atoms with E-state index >= 15 is 0 Å². The topological polar surface area (TPSA) is 109 Å². The minimum atomic E-state index is -1.12. The molecule has 30 heavy (non-hydrogen) atoms. The third-order valence-corrected chi connectivity index (χ3v) is 4.97. The molecule has 1 aliphatic heterocycles. The number of fused-ring (bicyclic) bond motifs is 1. The summed E-state index contributed by atoms with van der Waals surface area (Å²) >= 11 is 0. The molecule has 8 nitrogen and oxygen atoms in total. The molecule has 2 aromatic heterocycles. The molecule has 8 heteroatoms. The van der Waals surface area contributed by atoms with Gasteiger partial charge >= 0.3 is 5.97 Å². The van der Waals surface area contributed by atoms with E-state index in [1.807, 2.05) is 41.1 Å². The van der Waals surface area contributed by atoms with E-state index in [4.69, 9.17) is 14.3 Å². The first-order chi connectivity index (χ1) is 14.6. The van der Waals surface area contributed by atoms with Crippen molar-refractivity contribution >= 4 is 28.9 Å². The summed E-state index contributed by atoms with van der Waals surface area (Å²) in [4.78, 5) is 25.4. The van der Waals surface area contributed by atoms with Crippen LogP contribution in [0.25, 0.3) is 17.0 Å². The van der Waals surface area contributed by atoms with E-state index in [-0.39, 0.29) is 17.2 Å². The van der Waals surface area contributed by atoms with Crippen LogP contribution in [0.4, 0.5) is 0 Å². The summed E-state index contributed by atoms with van der Waals surface area (Å²) in [6.45, 7) is 2.17. The maximum atomic E-state index is 12.7. The van der Waals surface area contributed by atoms with Crippen LogP contribution in [0.5, 0.6) is 0 Å². The Balaban J connectivity index is 1.68. The quantitative estimate of drug-likeness (QED) is 0.516. The Morgan fingerprint density at radius 3 is 2.63 bits per heavy atom. The molecule has 0 saturated carbocycles. The molecule has 1 fully saturated rings. The largest absolute Gasteiger partial charge is 0.475 e. The molecule has 0 unspecified atom stereocenters. The van der Waals surface area contributed by atoms with Gasteiger partial charge in [-0.15, -0.1) is 0 Å². The maximum absolute atomic E-state index is 12.7. The number of nitriles is 1. The molecule has 0 bridgehead atoms. The van der Waals surface area contributed by atoms with Gasteiger partial charge in [-0.1, -0.05) is 18.2 Å². The van der Waals surface area contributed by atoms with Gasteiger partial charge in [-0.25, -0.2) is 4.79 Å². The van der Waals surface area contributed by atoms with Gasteiger partial charge in [0, 0.05) is 35.8 Å². The zero-order valence-electron chi connectivity index (χ0n) is 16.1. The highest BCUT2D eigenvalue weighted by atomic mass is 16.5. The number of carbonyl (C=O) groups excluding carboxylic acids is 1. The monoisotopic (exact) mass is 405 g/mol. The Kier molecular flexibility index (Phi) is 5.37. The van der Waals surface area contributed by atoms with E-state index < -0.39 is 5.97 Å². The fourth-order valence-corrected chi connectivity index (χ4v) is 3.50. The Morgan fingerprint density at radius 1 is 1.17 bits per heavy atom. The van der Waals surface area contributed by atoms with Gasteiger partial charge in [0.2, 0.25) is 5.76 Å². The summed E-state index contributed by atoms with van der Waals surface area (Å²) in [6, 6.07) is 12.7. The molecule has 0 atom stereocenters. The molecule has 1 aromatic carbocycles. The lowest BCUT2D eigenvalue weighted by molar-refractivity contribution is -0.130. The van der Waals surface area contributed by atoms with Crippen molar-refractivity contribution in [2.75, 3.05) is 26.3 Å². The minimum absolute atomic E-state index is 0.0611. The van der Waals surface area contributed by atoms with Crippen molar-refractivity contribution in [1.82, 2.24) is 9.47 Å². The van der Waals surface area contributed by atoms with Crippen LogP contribution in [0.1, 0.15) is 21.9 Å². The van der Waals surface area contributed by atoms with Gasteiger partial charge in [-0.3, -0.25) is 4.79 Å². The van der Waals surface area contributed by atoms with Crippen molar-refractivity contribution in [3.63, 3.8) is 0 Å². The number of furan rings is 1. The number of carbonyl (C=O) groups is 2. The van der Waals surface area contributed by atoms with Gasteiger partial charge in [0.1, 0.15) is 17.4 Å². The lowest BCUT2D eigenvalue weighted by Crippen LogP contribution is -2.41. The van der Waals surface area contributed by atoms with Gasteiger partial charge in [-0.05, 0) is 24.3 Å². The van der Waals surface area contributed by atoms with Crippen LogP contribution in [0.2, 0.25) is 0 Å². The number of carboxylic acid groups (broad SMARTS) is 1. The van der Waals surface area contributed by atoms with E-state index in [1.165, 1.54) is 6.07 Å². The Labute approximate surface area is 172 Å². The van der Waals surface area contributed by atoms with Crippen LogP contribution in [-0.4, -0.2) is 52.8 Å². The zero-order chi connectivity index (χ0) is 21.1. The van der Waals surface area contributed by atoms with Crippen LogP contribution >= 0.6 is 0 Å². The second kappa shape index (κ2) is 8.27. The molecule has 0 spiro atoms. The number of aromatic carboxylic acids is 1. The number of rotatable bonds is 5. The number of nitrogens with zero attached hydrogens (tertiary/aromatic N) is 3. The van der Waals surface area contributed by atoms with Gasteiger partial charge in [0.25, 0.3) is 5.91 Å². The Hall–Kier alpha value is -3.83. The van der Waals surface area contributed by atoms with E-state index in [2.05, 4.69) is 0 Å². The minimum Gasteiger partial charge on any atom is -0.475 e. The summed E-state index contributed by atoms with van der Waals surface area (Å²) in [5.74, 6) is -1.06. The number of para-hydroxylation sites is 1. The average molecular weight is 405 g/mol. The van der Waals surface area contributed by atoms with Crippen LogP contribution in [0.3, 0.4) is 0 Å². The number of ether oxygens (including phenoxy) is 1. The summed E-state index contributed by atoms with van der Waals surface area (Å²) in [5.41, 5.74) is 1.67. The van der Waals surface area contributed by atoms with Crippen molar-refractivity contribution in [2.45, 2.75) is 6.54 Å². The molecule has 1 N–H and O–H groups in total. The molecule has 1 saturated heterocycles. The predicted octanol–water partition coefficient (Wildman–Crippen LogP) is 2.75. The van der Waals surface area contributed by atoms with Gasteiger partial charge in [-0.2, -0.15) is 5.26 Å². The predicted molar refractivity (Wildman–Crippen MR) is 108 cm³/mol. The second-order valence-corrected chi connectivity index (χ2v) is 6.87. The molecular weight excluding hydrogens is 386 g/mol. The lowest BCUT2D eigenvalue weighted by atomic mass is 10.1. The molecule has 3 aromatic rings. The number of hydrogen-bond acceptors (Lipinski definition) is 5. The maximum Gasteiger partial charge on any atom is 0.371 e. The summed E-state index contributed by atoms with van der Waals surface area (Å²) in [5, 5.41) is 19.5. The van der Waals surface area contributed by atoms with Crippen LogP contribution in [-0.2, 0) is 16.1 Å². The fourth-order valence-electron chi connectivity index (χ4n) is 3.50. The number of amides is 1. The number of benzene rings is 1. The first-order valence-corrected chi connectivity index (χ1v) is 9.45. The normalized spacial score (nSPS) is 14.6. The average Bonchev–Trinajstić information content (AvgIpc) is 3.38. The van der Waals surface area contributed by atoms with Crippen LogP contribution in [0.15, 0.2) is 52.6 Å². The van der Waals surface area contributed by atoms with E-state index in [0.29, 0.717) is 38.6 Å². The fraction of sp³-hybridized carbons (Fsp3) is 0.227. The van der Waals surface area contributed by atoms with Crippen molar-refractivity contribution in [3.8, 4) is 6.07 Å². The molecular formula is C22H19N3O5. The van der Waals surface area contributed by atoms with Crippen molar-refractivity contribution in [2.24, 2.45) is 0 Å². The number of aromatic nitrogens is 1. The molecule has 152 valence electrons. The number of morpholine rings is 1.